The van der Waals surface area contributed by atoms with E-state index in [1.165, 1.54) is 0 Å². The number of likely N-dealkylation sites (tertiary alicyclic amines) is 1. The lowest BCUT2D eigenvalue weighted by molar-refractivity contribution is 0.0614. The molecule has 0 spiro atoms. The number of hydrogen-bond donors (Lipinski definition) is 3. The SMILES string of the molecule is O=C(c1cc(=O)[nH]c(=O)[nH]1)N1CCCC(CO)C1. The average Bonchev–Trinajstić information content (AvgIpc) is 2.37. The Morgan fingerprint density at radius 3 is 2.89 bits per heavy atom. The Morgan fingerprint density at radius 2 is 2.22 bits per heavy atom. The van der Waals surface area contributed by atoms with Crippen LogP contribution in [0.1, 0.15) is 23.3 Å². The Morgan fingerprint density at radius 1 is 1.44 bits per heavy atom. The maximum atomic E-state index is 12.1. The van der Waals surface area contributed by atoms with Crippen LogP contribution in [0.25, 0.3) is 0 Å². The minimum Gasteiger partial charge on any atom is -0.396 e. The summed E-state index contributed by atoms with van der Waals surface area (Å²) in [5.74, 6) is -0.312. The average molecular weight is 253 g/mol. The number of amides is 1. The molecule has 1 atom stereocenters. The molecule has 0 bridgehead atoms. The van der Waals surface area contributed by atoms with Crippen LogP contribution < -0.4 is 11.2 Å². The zero-order valence-electron chi connectivity index (χ0n) is 9.81. The molecule has 1 unspecified atom stereocenters. The standard InChI is InChI=1S/C11H15N3O4/c15-6-7-2-1-3-14(5-7)10(17)8-4-9(16)13-11(18)12-8/h4,7,15H,1-3,5-6H2,(H2,12,13,16,18). The van der Waals surface area contributed by atoms with Crippen molar-refractivity contribution in [1.29, 1.82) is 0 Å². The van der Waals surface area contributed by atoms with E-state index in [2.05, 4.69) is 4.98 Å². The predicted octanol–water partition coefficient (Wildman–Crippen LogP) is -1.09. The number of hydrogen-bond acceptors (Lipinski definition) is 4. The van der Waals surface area contributed by atoms with Gasteiger partial charge in [0, 0.05) is 25.8 Å². The summed E-state index contributed by atoms with van der Waals surface area (Å²) < 4.78 is 0. The lowest BCUT2D eigenvalue weighted by atomic mass is 9.99. The Hall–Kier alpha value is -1.89. The van der Waals surface area contributed by atoms with Crippen molar-refractivity contribution in [3.63, 3.8) is 0 Å². The molecule has 7 nitrogen and oxygen atoms in total. The third kappa shape index (κ3) is 2.67. The first-order chi connectivity index (χ1) is 8.60. The second kappa shape index (κ2) is 5.18. The molecule has 18 heavy (non-hydrogen) atoms. The van der Waals surface area contributed by atoms with E-state index in [0.717, 1.165) is 18.9 Å². The van der Waals surface area contributed by atoms with Gasteiger partial charge in [-0.15, -0.1) is 0 Å². The summed E-state index contributed by atoms with van der Waals surface area (Å²) in [7, 11) is 0. The molecular weight excluding hydrogens is 238 g/mol. The third-order valence-electron chi connectivity index (χ3n) is 3.06. The maximum absolute atomic E-state index is 12.1. The minimum atomic E-state index is -0.693. The molecule has 1 amide bonds. The van der Waals surface area contributed by atoms with Gasteiger partial charge in [0.1, 0.15) is 5.69 Å². The van der Waals surface area contributed by atoms with Gasteiger partial charge in [-0.1, -0.05) is 0 Å². The Bertz CT molecular complexity index is 519. The lowest BCUT2D eigenvalue weighted by Gasteiger charge is -2.31. The number of carbonyl (C=O) groups is 1. The molecule has 3 N–H and O–H groups in total. The van der Waals surface area contributed by atoms with Crippen LogP contribution in [0, 0.1) is 5.92 Å². The highest BCUT2D eigenvalue weighted by Gasteiger charge is 2.24. The third-order valence-corrected chi connectivity index (χ3v) is 3.06. The van der Waals surface area contributed by atoms with Gasteiger partial charge in [-0.25, -0.2) is 4.79 Å². The monoisotopic (exact) mass is 253 g/mol. The number of nitrogens with zero attached hydrogens (tertiary/aromatic N) is 1. The molecule has 0 aromatic carbocycles. The summed E-state index contributed by atoms with van der Waals surface area (Å²) in [4.78, 5) is 40.2. The number of aromatic amines is 2. The summed E-state index contributed by atoms with van der Waals surface area (Å²) >= 11 is 0. The van der Waals surface area contributed by atoms with Crippen LogP contribution in [0.15, 0.2) is 15.7 Å². The van der Waals surface area contributed by atoms with Crippen molar-refractivity contribution in [2.45, 2.75) is 12.8 Å². The van der Waals surface area contributed by atoms with Crippen LogP contribution in [0.4, 0.5) is 0 Å². The molecular formula is C11H15N3O4. The smallest absolute Gasteiger partial charge is 0.326 e. The van der Waals surface area contributed by atoms with E-state index in [1.54, 1.807) is 4.90 Å². The number of carbonyl (C=O) groups excluding carboxylic acids is 1. The highest BCUT2D eigenvalue weighted by atomic mass is 16.3. The van der Waals surface area contributed by atoms with Crippen molar-refractivity contribution in [2.24, 2.45) is 5.92 Å². The summed E-state index contributed by atoms with van der Waals surface area (Å²) in [6.07, 6.45) is 1.69. The second-order valence-corrected chi connectivity index (χ2v) is 4.44. The molecule has 0 aliphatic carbocycles. The molecule has 2 heterocycles. The van der Waals surface area contributed by atoms with Crippen LogP contribution in [-0.4, -0.2) is 45.6 Å². The van der Waals surface area contributed by atoms with Crippen LogP contribution in [-0.2, 0) is 0 Å². The van der Waals surface area contributed by atoms with E-state index >= 15 is 0 Å². The zero-order valence-corrected chi connectivity index (χ0v) is 9.81. The quantitative estimate of drug-likeness (QED) is 0.622. The number of piperidine rings is 1. The van der Waals surface area contributed by atoms with Gasteiger partial charge in [-0.3, -0.25) is 14.6 Å². The fourth-order valence-corrected chi connectivity index (χ4v) is 2.15. The Balaban J connectivity index is 2.20. The van der Waals surface area contributed by atoms with Crippen LogP contribution in [0.3, 0.4) is 0 Å². The Kier molecular flexibility index (Phi) is 3.61. The highest BCUT2D eigenvalue weighted by Crippen LogP contribution is 2.16. The molecule has 0 radical (unpaired) electrons. The normalized spacial score (nSPS) is 19.8. The fraction of sp³-hybridized carbons (Fsp3) is 0.545. The van der Waals surface area contributed by atoms with Gasteiger partial charge in [0.05, 0.1) is 0 Å². The molecule has 2 rings (SSSR count). The topological polar surface area (TPSA) is 106 Å². The van der Waals surface area contributed by atoms with Crippen LogP contribution in [0.2, 0.25) is 0 Å². The number of aliphatic hydroxyl groups is 1. The van der Waals surface area contributed by atoms with Crippen molar-refractivity contribution in [1.82, 2.24) is 14.9 Å². The first kappa shape index (κ1) is 12.6. The number of aromatic nitrogens is 2. The van der Waals surface area contributed by atoms with E-state index in [9.17, 15) is 14.4 Å². The number of nitrogens with one attached hydrogen (secondary N) is 2. The Labute approximate surface area is 102 Å². The summed E-state index contributed by atoms with van der Waals surface area (Å²) in [5.41, 5.74) is -1.30. The summed E-state index contributed by atoms with van der Waals surface area (Å²) in [6.45, 7) is 1.06. The summed E-state index contributed by atoms with van der Waals surface area (Å²) in [5, 5.41) is 9.10. The molecule has 1 aliphatic rings. The molecule has 1 saturated heterocycles. The van der Waals surface area contributed by atoms with Crippen molar-refractivity contribution in [3.05, 3.63) is 32.6 Å². The van der Waals surface area contributed by atoms with Crippen molar-refractivity contribution < 1.29 is 9.90 Å². The van der Waals surface area contributed by atoms with Crippen molar-refractivity contribution in [3.8, 4) is 0 Å². The molecule has 1 aliphatic heterocycles. The van der Waals surface area contributed by atoms with Gasteiger partial charge in [0.25, 0.3) is 11.5 Å². The molecule has 1 aromatic heterocycles. The van der Waals surface area contributed by atoms with Crippen LogP contribution >= 0.6 is 0 Å². The van der Waals surface area contributed by atoms with E-state index in [4.69, 9.17) is 5.11 Å². The fourth-order valence-electron chi connectivity index (χ4n) is 2.15. The zero-order chi connectivity index (χ0) is 13.1. The maximum Gasteiger partial charge on any atom is 0.326 e. The summed E-state index contributed by atoms with van der Waals surface area (Å²) in [6, 6.07) is 1.08. The lowest BCUT2D eigenvalue weighted by Crippen LogP contribution is -2.42. The van der Waals surface area contributed by atoms with Gasteiger partial charge in [0.15, 0.2) is 0 Å². The minimum absolute atomic E-state index is 0.0117. The number of rotatable bonds is 2. The largest absolute Gasteiger partial charge is 0.396 e. The van der Waals surface area contributed by atoms with E-state index in [1.807, 2.05) is 4.98 Å². The first-order valence-electron chi connectivity index (χ1n) is 5.84. The van der Waals surface area contributed by atoms with Gasteiger partial charge < -0.3 is 15.0 Å². The van der Waals surface area contributed by atoms with Gasteiger partial charge >= 0.3 is 5.69 Å². The number of aliphatic hydroxyl groups excluding tert-OH is 1. The van der Waals surface area contributed by atoms with Gasteiger partial charge in [-0.05, 0) is 18.8 Å². The van der Waals surface area contributed by atoms with E-state index < -0.39 is 11.2 Å². The first-order valence-corrected chi connectivity index (χ1v) is 5.84. The second-order valence-electron chi connectivity index (χ2n) is 4.44. The molecule has 7 heteroatoms. The molecule has 1 aromatic rings. The van der Waals surface area contributed by atoms with Crippen molar-refractivity contribution >= 4 is 5.91 Å². The van der Waals surface area contributed by atoms with Gasteiger partial charge in [-0.2, -0.15) is 0 Å². The molecule has 98 valence electrons. The van der Waals surface area contributed by atoms with Gasteiger partial charge in [0.2, 0.25) is 0 Å². The van der Waals surface area contributed by atoms with Crippen molar-refractivity contribution in [2.75, 3.05) is 19.7 Å². The predicted molar refractivity (Wildman–Crippen MR) is 63.4 cm³/mol. The molecule has 0 saturated carbocycles. The number of H-pyrrole nitrogens is 2. The van der Waals surface area contributed by atoms with E-state index in [0.29, 0.717) is 13.1 Å². The van der Waals surface area contributed by atoms with E-state index in [-0.39, 0.29) is 24.1 Å². The van der Waals surface area contributed by atoms with Crippen LogP contribution in [0.5, 0.6) is 0 Å². The highest BCUT2D eigenvalue weighted by molar-refractivity contribution is 5.92. The molecule has 1 fully saturated rings.